The largest absolute Gasteiger partial charge is 0.377 e. The van der Waals surface area contributed by atoms with Crippen LogP contribution in [0, 0.1) is 0 Å². The number of benzene rings is 1. The summed E-state index contributed by atoms with van der Waals surface area (Å²) in [6, 6.07) is 2.62. The molecule has 0 amide bonds. The van der Waals surface area contributed by atoms with Crippen LogP contribution in [-0.4, -0.2) is 27.2 Å². The second-order valence-corrected chi connectivity index (χ2v) is 7.17. The van der Waals surface area contributed by atoms with Crippen molar-refractivity contribution in [2.45, 2.75) is 36.9 Å². The van der Waals surface area contributed by atoms with E-state index in [1.54, 1.807) is 6.07 Å². The lowest BCUT2D eigenvalue weighted by Gasteiger charge is -2.17. The zero-order valence-corrected chi connectivity index (χ0v) is 13.2. The van der Waals surface area contributed by atoms with Gasteiger partial charge in [0.2, 0.25) is 10.0 Å². The molecule has 2 atom stereocenters. The summed E-state index contributed by atoms with van der Waals surface area (Å²) in [7, 11) is -3.76. The molecule has 0 aliphatic carbocycles. The zero-order chi connectivity index (χ0) is 14.9. The molecule has 1 aliphatic rings. The van der Waals surface area contributed by atoms with Crippen LogP contribution in [0.5, 0.6) is 0 Å². The fraction of sp³-hybridized carbons (Fsp3) is 0.500. The van der Waals surface area contributed by atoms with E-state index in [0.717, 1.165) is 0 Å². The van der Waals surface area contributed by atoms with E-state index < -0.39 is 10.0 Å². The highest BCUT2D eigenvalue weighted by molar-refractivity contribution is 7.89. The monoisotopic (exact) mass is 338 g/mol. The molecule has 1 aromatic rings. The Morgan fingerprint density at radius 2 is 2.15 bits per heavy atom. The Bertz CT molecular complexity index is 607. The van der Waals surface area contributed by atoms with E-state index in [2.05, 4.69) is 4.72 Å². The number of halogens is 2. The minimum atomic E-state index is -3.76. The molecule has 1 saturated heterocycles. The van der Waals surface area contributed by atoms with Gasteiger partial charge in [0.05, 0.1) is 17.2 Å². The average molecular weight is 339 g/mol. The number of ether oxygens (including phenoxy) is 1. The van der Waals surface area contributed by atoms with Crippen LogP contribution in [0.4, 0.5) is 0 Å². The van der Waals surface area contributed by atoms with Gasteiger partial charge in [0, 0.05) is 18.2 Å². The number of nitrogens with one attached hydrogen (secondary N) is 1. The van der Waals surface area contributed by atoms with Crippen LogP contribution >= 0.6 is 23.2 Å². The Kier molecular flexibility index (Phi) is 4.94. The van der Waals surface area contributed by atoms with Crippen molar-refractivity contribution < 1.29 is 13.2 Å². The molecule has 8 heteroatoms. The SMILES string of the molecule is CC1OCCC1NS(=O)(=O)c1cc(Cl)cc(CN)c1Cl. The lowest BCUT2D eigenvalue weighted by molar-refractivity contribution is 0.117. The molecule has 2 unspecified atom stereocenters. The van der Waals surface area contributed by atoms with Crippen LogP contribution in [0.1, 0.15) is 18.9 Å². The summed E-state index contributed by atoms with van der Waals surface area (Å²) in [6.07, 6.45) is 0.458. The first-order valence-corrected chi connectivity index (χ1v) is 8.41. The van der Waals surface area contributed by atoms with E-state index in [9.17, 15) is 8.42 Å². The van der Waals surface area contributed by atoms with Crippen LogP contribution in [-0.2, 0) is 21.3 Å². The average Bonchev–Trinajstić information content (AvgIpc) is 2.76. The minimum Gasteiger partial charge on any atom is -0.377 e. The van der Waals surface area contributed by atoms with Gasteiger partial charge in [-0.15, -0.1) is 0 Å². The van der Waals surface area contributed by atoms with E-state index in [1.807, 2.05) is 6.92 Å². The first-order valence-electron chi connectivity index (χ1n) is 6.17. The third kappa shape index (κ3) is 3.27. The molecule has 0 aromatic heterocycles. The molecule has 112 valence electrons. The van der Waals surface area contributed by atoms with Gasteiger partial charge in [-0.25, -0.2) is 13.1 Å². The number of sulfonamides is 1. The summed E-state index contributed by atoms with van der Waals surface area (Å²) in [6.45, 7) is 2.47. The highest BCUT2D eigenvalue weighted by Gasteiger charge is 2.30. The first kappa shape index (κ1) is 16.0. The number of rotatable bonds is 4. The van der Waals surface area contributed by atoms with Crippen LogP contribution in [0.3, 0.4) is 0 Å². The molecule has 0 bridgehead atoms. The first-order chi connectivity index (χ1) is 9.35. The van der Waals surface area contributed by atoms with Crippen LogP contribution in [0.25, 0.3) is 0 Å². The van der Waals surface area contributed by atoms with Gasteiger partial charge in [-0.05, 0) is 31.0 Å². The normalized spacial score (nSPS) is 23.2. The van der Waals surface area contributed by atoms with Crippen molar-refractivity contribution in [1.29, 1.82) is 0 Å². The van der Waals surface area contributed by atoms with Crippen molar-refractivity contribution in [3.05, 3.63) is 27.7 Å². The second-order valence-electron chi connectivity index (χ2n) is 4.67. The molecule has 5 nitrogen and oxygen atoms in total. The molecule has 1 aliphatic heterocycles. The summed E-state index contributed by atoms with van der Waals surface area (Å²) in [5, 5.41) is 0.391. The minimum absolute atomic E-state index is 0.0498. The van der Waals surface area contributed by atoms with Crippen molar-refractivity contribution in [3.63, 3.8) is 0 Å². The maximum atomic E-state index is 12.4. The standard InChI is InChI=1S/C12H16Cl2N2O3S/c1-7-10(2-3-19-7)16-20(17,18)11-5-9(13)4-8(6-15)12(11)14/h4-5,7,10,16H,2-3,6,15H2,1H3. The molecule has 1 heterocycles. The van der Waals surface area contributed by atoms with E-state index >= 15 is 0 Å². The predicted molar refractivity (Wildman–Crippen MR) is 78.5 cm³/mol. The maximum absolute atomic E-state index is 12.4. The summed E-state index contributed by atoms with van der Waals surface area (Å²) in [5.41, 5.74) is 6.03. The molecule has 0 radical (unpaired) electrons. The molecule has 1 fully saturated rings. The van der Waals surface area contributed by atoms with Gasteiger partial charge in [-0.2, -0.15) is 0 Å². The van der Waals surface area contributed by atoms with Gasteiger partial charge < -0.3 is 10.5 Å². The Morgan fingerprint density at radius 3 is 2.70 bits per heavy atom. The molecular formula is C12H16Cl2N2O3S. The third-order valence-corrected chi connectivity index (χ3v) is 5.56. The van der Waals surface area contributed by atoms with Gasteiger partial charge in [0.25, 0.3) is 0 Å². The Labute approximate surface area is 128 Å². The quantitative estimate of drug-likeness (QED) is 0.878. The van der Waals surface area contributed by atoms with Crippen LogP contribution < -0.4 is 10.5 Å². The van der Waals surface area contributed by atoms with Crippen LogP contribution in [0.15, 0.2) is 17.0 Å². The van der Waals surface area contributed by atoms with Crippen molar-refractivity contribution in [2.75, 3.05) is 6.61 Å². The molecule has 2 rings (SSSR count). The Hall–Kier alpha value is -0.370. The number of hydrogen-bond donors (Lipinski definition) is 2. The highest BCUT2D eigenvalue weighted by atomic mass is 35.5. The van der Waals surface area contributed by atoms with E-state index in [4.69, 9.17) is 33.7 Å². The molecule has 0 saturated carbocycles. The zero-order valence-electron chi connectivity index (χ0n) is 10.9. The smallest absolute Gasteiger partial charge is 0.242 e. The summed E-state index contributed by atoms with van der Waals surface area (Å²) < 4.78 is 32.8. The molecule has 1 aromatic carbocycles. The van der Waals surface area contributed by atoms with Gasteiger partial charge in [-0.1, -0.05) is 23.2 Å². The van der Waals surface area contributed by atoms with Crippen molar-refractivity contribution in [2.24, 2.45) is 5.73 Å². The van der Waals surface area contributed by atoms with Crippen molar-refractivity contribution >= 4 is 33.2 Å². The van der Waals surface area contributed by atoms with Gasteiger partial charge in [0.15, 0.2) is 0 Å². The second kappa shape index (κ2) is 6.17. The van der Waals surface area contributed by atoms with E-state index in [0.29, 0.717) is 18.6 Å². The lowest BCUT2D eigenvalue weighted by Crippen LogP contribution is -2.39. The van der Waals surface area contributed by atoms with Crippen molar-refractivity contribution in [3.8, 4) is 0 Å². The van der Waals surface area contributed by atoms with Gasteiger partial charge >= 0.3 is 0 Å². The Morgan fingerprint density at radius 1 is 1.45 bits per heavy atom. The summed E-state index contributed by atoms with van der Waals surface area (Å²) in [4.78, 5) is -0.0498. The number of hydrogen-bond acceptors (Lipinski definition) is 4. The fourth-order valence-electron chi connectivity index (χ4n) is 2.11. The topological polar surface area (TPSA) is 81.4 Å². The predicted octanol–water partition coefficient (Wildman–Crippen LogP) is 1.91. The Balaban J connectivity index is 2.36. The third-order valence-electron chi connectivity index (χ3n) is 3.27. The molecular weight excluding hydrogens is 323 g/mol. The maximum Gasteiger partial charge on any atom is 0.242 e. The van der Waals surface area contributed by atoms with Crippen LogP contribution in [0.2, 0.25) is 10.0 Å². The fourth-order valence-corrected chi connectivity index (χ4v) is 4.39. The lowest BCUT2D eigenvalue weighted by atomic mass is 10.2. The highest BCUT2D eigenvalue weighted by Crippen LogP contribution is 2.30. The van der Waals surface area contributed by atoms with Crippen molar-refractivity contribution in [1.82, 2.24) is 4.72 Å². The summed E-state index contributed by atoms with van der Waals surface area (Å²) in [5.74, 6) is 0. The molecule has 20 heavy (non-hydrogen) atoms. The van der Waals surface area contributed by atoms with E-state index in [-0.39, 0.29) is 33.6 Å². The summed E-state index contributed by atoms with van der Waals surface area (Å²) >= 11 is 12.0. The molecule has 3 N–H and O–H groups in total. The van der Waals surface area contributed by atoms with E-state index in [1.165, 1.54) is 6.07 Å². The molecule has 0 spiro atoms. The van der Waals surface area contributed by atoms with Gasteiger partial charge in [0.1, 0.15) is 4.90 Å². The van der Waals surface area contributed by atoms with Gasteiger partial charge in [-0.3, -0.25) is 0 Å². The number of nitrogens with two attached hydrogens (primary N) is 1.